The fourth-order valence-electron chi connectivity index (χ4n) is 3.28. The maximum Gasteiger partial charge on any atom is 0.294 e. The molecule has 1 aliphatic rings. The number of thioether (sulfide) groups is 1. The minimum Gasteiger partial charge on any atom is -0.486 e. The molecule has 0 bridgehead atoms. The molecule has 3 aromatic rings. The zero-order valence-electron chi connectivity index (χ0n) is 18.3. The van der Waals surface area contributed by atoms with E-state index in [9.17, 15) is 23.2 Å². The van der Waals surface area contributed by atoms with E-state index < -0.39 is 35.2 Å². The van der Waals surface area contributed by atoms with E-state index in [1.165, 1.54) is 48.5 Å². The lowest BCUT2D eigenvalue weighted by molar-refractivity contribution is -0.127. The zero-order chi connectivity index (χ0) is 25.8. The summed E-state index contributed by atoms with van der Waals surface area (Å²) >= 11 is 13.3. The first kappa shape index (κ1) is 25.7. The molecule has 3 aromatic carbocycles. The van der Waals surface area contributed by atoms with Crippen molar-refractivity contribution in [3.8, 4) is 5.75 Å². The molecule has 1 saturated heterocycles. The van der Waals surface area contributed by atoms with E-state index in [2.05, 4.69) is 5.32 Å². The van der Waals surface area contributed by atoms with Crippen molar-refractivity contribution in [1.82, 2.24) is 4.90 Å². The van der Waals surface area contributed by atoms with Gasteiger partial charge in [-0.2, -0.15) is 0 Å². The van der Waals surface area contributed by atoms with E-state index in [0.717, 1.165) is 11.0 Å². The van der Waals surface area contributed by atoms with Crippen LogP contribution in [-0.2, 0) is 16.2 Å². The first-order valence-corrected chi connectivity index (χ1v) is 11.9. The number of amides is 3. The van der Waals surface area contributed by atoms with Crippen molar-refractivity contribution in [2.75, 3.05) is 11.9 Å². The van der Waals surface area contributed by atoms with Gasteiger partial charge in [-0.05, 0) is 71.4 Å². The van der Waals surface area contributed by atoms with Crippen LogP contribution in [0.15, 0.2) is 65.6 Å². The topological polar surface area (TPSA) is 75.7 Å². The minimum atomic E-state index is -0.668. The van der Waals surface area contributed by atoms with Gasteiger partial charge in [-0.15, -0.1) is 0 Å². The Morgan fingerprint density at radius 2 is 1.67 bits per heavy atom. The van der Waals surface area contributed by atoms with E-state index >= 15 is 0 Å². The Balaban J connectivity index is 1.44. The molecule has 3 amide bonds. The summed E-state index contributed by atoms with van der Waals surface area (Å²) in [6.07, 6.45) is 1.42. The first-order valence-electron chi connectivity index (χ1n) is 10.4. The summed E-state index contributed by atoms with van der Waals surface area (Å²) in [6, 6.07) is 14.1. The number of benzene rings is 3. The van der Waals surface area contributed by atoms with Crippen LogP contribution in [0, 0.1) is 11.6 Å². The van der Waals surface area contributed by atoms with Gasteiger partial charge >= 0.3 is 0 Å². The molecule has 4 rings (SSSR count). The number of ether oxygens (including phenoxy) is 1. The van der Waals surface area contributed by atoms with E-state index in [1.54, 1.807) is 12.1 Å². The fraction of sp³-hybridized carbons (Fsp3) is 0.0800. The molecule has 0 radical (unpaired) electrons. The number of anilines is 1. The van der Waals surface area contributed by atoms with Crippen LogP contribution in [0.5, 0.6) is 5.75 Å². The summed E-state index contributed by atoms with van der Waals surface area (Å²) in [7, 11) is 0. The number of hydrogen-bond acceptors (Lipinski definition) is 5. The Morgan fingerprint density at radius 3 is 2.33 bits per heavy atom. The minimum absolute atomic E-state index is 0.0348. The van der Waals surface area contributed by atoms with Gasteiger partial charge in [0.2, 0.25) is 5.91 Å². The Kier molecular flexibility index (Phi) is 7.93. The Labute approximate surface area is 218 Å². The predicted octanol–water partition coefficient (Wildman–Crippen LogP) is 6.53. The van der Waals surface area contributed by atoms with Crippen LogP contribution in [0.25, 0.3) is 6.08 Å². The van der Waals surface area contributed by atoms with Crippen LogP contribution in [0.1, 0.15) is 11.1 Å². The summed E-state index contributed by atoms with van der Waals surface area (Å²) in [5, 5.41) is 2.11. The molecule has 1 fully saturated rings. The average molecular weight is 549 g/mol. The zero-order valence-corrected chi connectivity index (χ0v) is 20.6. The Morgan fingerprint density at radius 1 is 1.00 bits per heavy atom. The van der Waals surface area contributed by atoms with E-state index in [1.807, 2.05) is 0 Å². The summed E-state index contributed by atoms with van der Waals surface area (Å²) in [5.41, 5.74) is 1.21. The third kappa shape index (κ3) is 6.23. The maximum atomic E-state index is 13.4. The van der Waals surface area contributed by atoms with Crippen molar-refractivity contribution in [2.24, 2.45) is 0 Å². The molecule has 0 aromatic heterocycles. The van der Waals surface area contributed by atoms with Crippen molar-refractivity contribution in [2.45, 2.75) is 6.61 Å². The van der Waals surface area contributed by atoms with Gasteiger partial charge in [0.1, 0.15) is 24.8 Å². The monoisotopic (exact) mass is 548 g/mol. The molecule has 6 nitrogen and oxygen atoms in total. The van der Waals surface area contributed by atoms with Crippen molar-refractivity contribution in [1.29, 1.82) is 0 Å². The molecule has 11 heteroatoms. The summed E-state index contributed by atoms with van der Waals surface area (Å²) in [4.78, 5) is 38.2. The van der Waals surface area contributed by atoms with Crippen molar-refractivity contribution in [3.63, 3.8) is 0 Å². The highest BCUT2D eigenvalue weighted by Gasteiger charge is 2.36. The van der Waals surface area contributed by atoms with Gasteiger partial charge in [0, 0.05) is 5.69 Å². The van der Waals surface area contributed by atoms with Crippen LogP contribution in [0.3, 0.4) is 0 Å². The molecular formula is C25H16Cl2F2N2O4S. The van der Waals surface area contributed by atoms with Gasteiger partial charge in [0.25, 0.3) is 11.1 Å². The average Bonchev–Trinajstić information content (AvgIpc) is 3.06. The second-order valence-electron chi connectivity index (χ2n) is 7.56. The molecule has 0 aliphatic carbocycles. The second kappa shape index (κ2) is 11.1. The highest BCUT2D eigenvalue weighted by atomic mass is 35.5. The molecule has 0 unspecified atom stereocenters. The van der Waals surface area contributed by atoms with Crippen LogP contribution < -0.4 is 10.1 Å². The number of carbonyl (C=O) groups is 3. The van der Waals surface area contributed by atoms with Gasteiger partial charge in [0.05, 0.1) is 15.0 Å². The number of halogens is 4. The molecule has 1 N–H and O–H groups in total. The Hall–Kier alpha value is -3.40. The normalized spacial score (nSPS) is 14.4. The van der Waals surface area contributed by atoms with Gasteiger partial charge < -0.3 is 10.1 Å². The Bertz CT molecular complexity index is 1380. The van der Waals surface area contributed by atoms with Crippen LogP contribution in [-0.4, -0.2) is 28.5 Å². The first-order chi connectivity index (χ1) is 17.2. The highest BCUT2D eigenvalue weighted by Crippen LogP contribution is 2.37. The second-order valence-corrected chi connectivity index (χ2v) is 9.37. The highest BCUT2D eigenvalue weighted by molar-refractivity contribution is 8.18. The number of carbonyl (C=O) groups excluding carboxylic acids is 3. The predicted molar refractivity (Wildman–Crippen MR) is 135 cm³/mol. The largest absolute Gasteiger partial charge is 0.486 e. The molecule has 1 aliphatic heterocycles. The SMILES string of the molecule is O=C(CN1C(=O)S/C(=C/c2cc(Cl)c(OCc3cccc(F)c3)c(Cl)c2)C1=O)Nc1cccc(F)c1. The smallest absolute Gasteiger partial charge is 0.294 e. The van der Waals surface area contributed by atoms with Crippen LogP contribution in [0.4, 0.5) is 19.3 Å². The fourth-order valence-corrected chi connectivity index (χ4v) is 4.73. The standard InChI is InChI=1S/C25H16Cl2F2N2O4S/c26-19-8-15(9-20(27)23(19)35-13-14-3-1-4-16(28)7-14)10-21-24(33)31(25(34)36-21)12-22(32)30-18-6-2-5-17(29)11-18/h1-11H,12-13H2,(H,30,32)/b21-10+. The van der Waals surface area contributed by atoms with Gasteiger partial charge in [-0.1, -0.05) is 41.4 Å². The number of nitrogens with one attached hydrogen (secondary N) is 1. The third-order valence-electron chi connectivity index (χ3n) is 4.87. The number of hydrogen-bond donors (Lipinski definition) is 1. The quantitative estimate of drug-likeness (QED) is 0.340. The molecule has 0 atom stereocenters. The number of imide groups is 1. The van der Waals surface area contributed by atoms with Crippen LogP contribution in [0.2, 0.25) is 10.0 Å². The molecule has 184 valence electrons. The van der Waals surface area contributed by atoms with Crippen molar-refractivity contribution < 1.29 is 27.9 Å². The number of nitrogens with zero attached hydrogens (tertiary/aromatic N) is 1. The van der Waals surface area contributed by atoms with E-state index in [-0.39, 0.29) is 33.0 Å². The molecule has 1 heterocycles. The lowest BCUT2D eigenvalue weighted by Gasteiger charge is -2.12. The molecule has 36 heavy (non-hydrogen) atoms. The molecule has 0 saturated carbocycles. The number of rotatable bonds is 7. The summed E-state index contributed by atoms with van der Waals surface area (Å²) < 4.78 is 32.3. The molecule has 0 spiro atoms. The molecular weight excluding hydrogens is 533 g/mol. The van der Waals surface area contributed by atoms with Crippen molar-refractivity contribution in [3.05, 3.63) is 98.4 Å². The van der Waals surface area contributed by atoms with E-state index in [4.69, 9.17) is 27.9 Å². The van der Waals surface area contributed by atoms with Crippen LogP contribution >= 0.6 is 35.0 Å². The lowest BCUT2D eigenvalue weighted by Crippen LogP contribution is -2.36. The van der Waals surface area contributed by atoms with Gasteiger partial charge in [0.15, 0.2) is 5.75 Å². The van der Waals surface area contributed by atoms with Crippen molar-refractivity contribution >= 4 is 63.8 Å². The van der Waals surface area contributed by atoms with Gasteiger partial charge in [-0.3, -0.25) is 19.3 Å². The summed E-state index contributed by atoms with van der Waals surface area (Å²) in [5.74, 6) is -2.08. The summed E-state index contributed by atoms with van der Waals surface area (Å²) in [6.45, 7) is -0.500. The third-order valence-corrected chi connectivity index (χ3v) is 6.34. The lowest BCUT2D eigenvalue weighted by atomic mass is 10.2. The van der Waals surface area contributed by atoms with Gasteiger partial charge in [-0.25, -0.2) is 8.78 Å². The maximum absolute atomic E-state index is 13.4. The van der Waals surface area contributed by atoms with E-state index in [0.29, 0.717) is 22.9 Å².